The highest BCUT2D eigenvalue weighted by Crippen LogP contribution is 2.40. The fourth-order valence-corrected chi connectivity index (χ4v) is 3.49. The lowest BCUT2D eigenvalue weighted by Crippen LogP contribution is -2.24. The van der Waals surface area contributed by atoms with Crippen molar-refractivity contribution >= 4 is 33.9 Å². The number of carbonyl (C=O) groups is 1. The third kappa shape index (κ3) is 5.13. The second-order valence-corrected chi connectivity index (χ2v) is 7.57. The number of nitrogens with zero attached hydrogens (tertiary/aromatic N) is 7. The Labute approximate surface area is 201 Å². The number of phenols is 1. The van der Waals surface area contributed by atoms with Crippen LogP contribution in [0.1, 0.15) is 29.6 Å². The maximum absolute atomic E-state index is 12.8. The van der Waals surface area contributed by atoms with Crippen LogP contribution in [0.15, 0.2) is 65.2 Å². The van der Waals surface area contributed by atoms with Crippen LogP contribution < -0.4 is 11.1 Å². The standard InChI is InChI=1S/C24H23N9O2/c1-26-19-15-30-33(24-28-12-7-13-29-24)22(19)32-31-20-17-9-4-3-8-16(17)14-18(21(20)34)23(35)27-11-6-2-5-10-25/h3-4,7-9,12-15,34H,2,5-6,10-11,25H2,(H,27,35). The van der Waals surface area contributed by atoms with E-state index >= 15 is 0 Å². The molecular formula is C24H23N9O2. The number of unbranched alkanes of at least 4 members (excludes halogenated alkanes) is 2. The number of benzene rings is 2. The lowest BCUT2D eigenvalue weighted by atomic mass is 10.0. The number of azo groups is 1. The molecule has 2 aromatic carbocycles. The Hall–Kier alpha value is -4.69. The lowest BCUT2D eigenvalue weighted by molar-refractivity contribution is 0.0950. The molecule has 0 atom stereocenters. The molecule has 0 bridgehead atoms. The second-order valence-electron chi connectivity index (χ2n) is 7.57. The van der Waals surface area contributed by atoms with Crippen LogP contribution in [0.4, 0.5) is 17.2 Å². The zero-order chi connectivity index (χ0) is 24.6. The summed E-state index contributed by atoms with van der Waals surface area (Å²) in [5.41, 5.74) is 5.83. The molecule has 0 saturated carbocycles. The molecule has 11 heteroatoms. The largest absolute Gasteiger partial charge is 0.505 e. The van der Waals surface area contributed by atoms with Gasteiger partial charge in [0.1, 0.15) is 5.69 Å². The predicted octanol–water partition coefficient (Wildman–Crippen LogP) is 4.35. The highest BCUT2D eigenvalue weighted by molar-refractivity contribution is 6.06. The number of aromatic hydroxyl groups is 1. The minimum Gasteiger partial charge on any atom is -0.505 e. The highest BCUT2D eigenvalue weighted by Gasteiger charge is 2.19. The average molecular weight is 470 g/mol. The summed E-state index contributed by atoms with van der Waals surface area (Å²) in [7, 11) is 0. The van der Waals surface area contributed by atoms with E-state index in [0.29, 0.717) is 23.9 Å². The monoisotopic (exact) mass is 469 g/mol. The fraction of sp³-hybridized carbons (Fsp3) is 0.208. The SMILES string of the molecule is [C-]#[N+]c1cnn(-c2ncccn2)c1N=Nc1c(O)c(C(=O)NCCCCCN)cc2ccccc12. The van der Waals surface area contributed by atoms with E-state index in [0.717, 1.165) is 19.3 Å². The number of fused-ring (bicyclic) bond motifs is 1. The zero-order valence-corrected chi connectivity index (χ0v) is 18.8. The number of carbonyl (C=O) groups excluding carboxylic acids is 1. The van der Waals surface area contributed by atoms with E-state index in [-0.39, 0.29) is 34.5 Å². The molecule has 2 heterocycles. The van der Waals surface area contributed by atoms with Crippen molar-refractivity contribution in [2.75, 3.05) is 13.1 Å². The topological polar surface area (TPSA) is 148 Å². The molecule has 11 nitrogen and oxygen atoms in total. The molecule has 2 aromatic heterocycles. The summed E-state index contributed by atoms with van der Waals surface area (Å²) < 4.78 is 1.29. The summed E-state index contributed by atoms with van der Waals surface area (Å²) in [6, 6.07) is 10.5. The van der Waals surface area contributed by atoms with Gasteiger partial charge in [-0.25, -0.2) is 14.8 Å². The first-order valence-corrected chi connectivity index (χ1v) is 11.0. The van der Waals surface area contributed by atoms with E-state index in [2.05, 4.69) is 35.5 Å². The van der Waals surface area contributed by atoms with Gasteiger partial charge in [-0.2, -0.15) is 9.78 Å². The molecule has 0 unspecified atom stereocenters. The quantitative estimate of drug-likeness (QED) is 0.189. The van der Waals surface area contributed by atoms with Crippen LogP contribution in [-0.4, -0.2) is 43.9 Å². The van der Waals surface area contributed by atoms with Crippen LogP contribution in [0.3, 0.4) is 0 Å². The number of nitrogens with one attached hydrogen (secondary N) is 1. The molecule has 1 amide bonds. The molecule has 0 aliphatic carbocycles. The molecule has 0 fully saturated rings. The summed E-state index contributed by atoms with van der Waals surface area (Å²) in [5, 5.41) is 27.8. The van der Waals surface area contributed by atoms with Gasteiger partial charge in [-0.05, 0) is 36.9 Å². The van der Waals surface area contributed by atoms with Gasteiger partial charge in [-0.1, -0.05) is 30.7 Å². The molecule has 4 rings (SSSR count). The molecule has 0 spiro atoms. The van der Waals surface area contributed by atoms with Gasteiger partial charge in [0.05, 0.1) is 18.3 Å². The number of hydrogen-bond donors (Lipinski definition) is 3. The first-order valence-electron chi connectivity index (χ1n) is 11.0. The summed E-state index contributed by atoms with van der Waals surface area (Å²) >= 11 is 0. The van der Waals surface area contributed by atoms with Crippen LogP contribution in [0.5, 0.6) is 5.75 Å². The minimum atomic E-state index is -0.415. The number of nitrogens with two attached hydrogens (primary N) is 1. The Morgan fingerprint density at radius 2 is 1.94 bits per heavy atom. The van der Waals surface area contributed by atoms with Crippen LogP contribution in [0, 0.1) is 6.57 Å². The first kappa shape index (κ1) is 23.5. The van der Waals surface area contributed by atoms with Crippen molar-refractivity contribution in [1.82, 2.24) is 25.1 Å². The van der Waals surface area contributed by atoms with Gasteiger partial charge in [0.2, 0.25) is 0 Å². The van der Waals surface area contributed by atoms with Crippen molar-refractivity contribution in [2.24, 2.45) is 16.0 Å². The van der Waals surface area contributed by atoms with Crippen LogP contribution >= 0.6 is 0 Å². The van der Waals surface area contributed by atoms with Gasteiger partial charge >= 0.3 is 0 Å². The third-order valence-corrected chi connectivity index (χ3v) is 5.24. The molecule has 0 saturated heterocycles. The van der Waals surface area contributed by atoms with E-state index in [1.807, 2.05) is 12.1 Å². The summed E-state index contributed by atoms with van der Waals surface area (Å²) in [6.07, 6.45) is 7.00. The summed E-state index contributed by atoms with van der Waals surface area (Å²) in [4.78, 5) is 24.5. The lowest BCUT2D eigenvalue weighted by Gasteiger charge is -2.11. The Bertz CT molecular complexity index is 1410. The zero-order valence-electron chi connectivity index (χ0n) is 18.8. The van der Waals surface area contributed by atoms with E-state index in [1.165, 1.54) is 10.9 Å². The Morgan fingerprint density at radius 3 is 2.71 bits per heavy atom. The van der Waals surface area contributed by atoms with Crippen molar-refractivity contribution in [3.05, 3.63) is 72.0 Å². The van der Waals surface area contributed by atoms with E-state index < -0.39 is 5.91 Å². The fourth-order valence-electron chi connectivity index (χ4n) is 3.49. The normalized spacial score (nSPS) is 11.1. The van der Waals surface area contributed by atoms with Crippen molar-refractivity contribution in [2.45, 2.75) is 19.3 Å². The Morgan fingerprint density at radius 1 is 1.14 bits per heavy atom. The van der Waals surface area contributed by atoms with E-state index in [4.69, 9.17) is 12.3 Å². The van der Waals surface area contributed by atoms with Gasteiger partial charge < -0.3 is 16.2 Å². The summed E-state index contributed by atoms with van der Waals surface area (Å²) in [6.45, 7) is 8.51. The van der Waals surface area contributed by atoms with Crippen LogP contribution in [0.2, 0.25) is 0 Å². The van der Waals surface area contributed by atoms with Crippen molar-refractivity contribution in [3.8, 4) is 11.7 Å². The van der Waals surface area contributed by atoms with Gasteiger partial charge in [0.15, 0.2) is 11.6 Å². The minimum absolute atomic E-state index is 0.0850. The molecular weight excluding hydrogens is 446 g/mol. The maximum Gasteiger partial charge on any atom is 0.255 e. The smallest absolute Gasteiger partial charge is 0.255 e. The average Bonchev–Trinajstić information content (AvgIpc) is 3.31. The van der Waals surface area contributed by atoms with Gasteiger partial charge in [-0.3, -0.25) is 4.79 Å². The predicted molar refractivity (Wildman–Crippen MR) is 130 cm³/mol. The number of phenolic OH excluding ortho intramolecular Hbond substituents is 1. The van der Waals surface area contributed by atoms with Gasteiger partial charge in [0.25, 0.3) is 17.5 Å². The maximum atomic E-state index is 12.8. The number of rotatable bonds is 9. The first-order chi connectivity index (χ1) is 17.1. The number of aromatic nitrogens is 4. The molecule has 4 aromatic rings. The number of amides is 1. The van der Waals surface area contributed by atoms with Crippen LogP contribution in [0.25, 0.3) is 21.6 Å². The molecule has 4 N–H and O–H groups in total. The van der Waals surface area contributed by atoms with Crippen molar-refractivity contribution in [3.63, 3.8) is 0 Å². The van der Waals surface area contributed by atoms with E-state index in [1.54, 1.807) is 36.7 Å². The summed E-state index contributed by atoms with van der Waals surface area (Å²) in [5.74, 6) is -0.405. The molecule has 0 aliphatic rings. The number of hydrogen-bond acceptors (Lipinski definition) is 8. The highest BCUT2D eigenvalue weighted by atomic mass is 16.3. The van der Waals surface area contributed by atoms with Crippen molar-refractivity contribution < 1.29 is 9.90 Å². The Kier molecular flexibility index (Phi) is 7.34. The van der Waals surface area contributed by atoms with Crippen molar-refractivity contribution in [1.29, 1.82) is 0 Å². The molecule has 35 heavy (non-hydrogen) atoms. The molecule has 0 radical (unpaired) electrons. The third-order valence-electron chi connectivity index (χ3n) is 5.24. The molecule has 176 valence electrons. The van der Waals surface area contributed by atoms with E-state index in [9.17, 15) is 9.90 Å². The van der Waals surface area contributed by atoms with Gasteiger partial charge in [-0.15, -0.1) is 10.2 Å². The second kappa shape index (κ2) is 11.0. The van der Waals surface area contributed by atoms with Gasteiger partial charge in [0, 0.05) is 24.3 Å². The Balaban J connectivity index is 1.72. The van der Waals surface area contributed by atoms with Crippen LogP contribution in [-0.2, 0) is 0 Å². The molecule has 0 aliphatic heterocycles.